The van der Waals surface area contributed by atoms with Gasteiger partial charge in [-0.2, -0.15) is 8.78 Å². The minimum Gasteiger partial charge on any atom is -0.358 e. The SMILES string of the molecule is C=C1CCCC(N2C(=O)c3ccc(CNC(=O)Nc4ccc(C)c(Cl)c4)cc3C2=O)C(=O)C1.C=C1CCCC(N2Cc3cc(CNC(=O)C(F)(F)c4ccc(F)cc4)ccc3C2=O)C(=O)C1.C=C1CCCC(N2Cc3cc(CNC(=S)Nc4ccc(C)c(Cl)c4)ccc3C2=O)C(=O)C1. The Kier molecular flexibility index (Phi) is 22.4. The highest BCUT2D eigenvalue weighted by Crippen LogP contribution is 2.36. The zero-order valence-corrected chi connectivity index (χ0v) is 56.5. The van der Waals surface area contributed by atoms with Gasteiger partial charge in [0, 0.05) is 90.1 Å². The number of hydrogen-bond acceptors (Lipinski definition) is 10. The Morgan fingerprint density at radius 3 is 1.45 bits per heavy atom. The van der Waals surface area contributed by atoms with Gasteiger partial charge >= 0.3 is 12.0 Å². The third kappa shape index (κ3) is 16.7. The van der Waals surface area contributed by atoms with Crippen molar-refractivity contribution in [2.24, 2.45) is 0 Å². The minimum absolute atomic E-state index is 0.0193. The van der Waals surface area contributed by atoms with E-state index >= 15 is 0 Å². The number of aryl methyl sites for hydroxylation is 2. The van der Waals surface area contributed by atoms with Gasteiger partial charge in [-0.05, 0) is 196 Å². The highest BCUT2D eigenvalue weighted by atomic mass is 35.5. The van der Waals surface area contributed by atoms with Crippen molar-refractivity contribution in [3.63, 3.8) is 0 Å². The van der Waals surface area contributed by atoms with Crippen molar-refractivity contribution in [2.75, 3.05) is 10.6 Å². The number of carbonyl (C=O) groups excluding carboxylic acids is 9. The second kappa shape index (κ2) is 30.9. The fraction of sp³-hybridized carbons (Fsp3) is 0.307. The quantitative estimate of drug-likeness (QED) is 0.0315. The zero-order chi connectivity index (χ0) is 70.3. The Bertz CT molecular complexity index is 4300. The van der Waals surface area contributed by atoms with E-state index in [2.05, 4.69) is 46.3 Å². The molecule has 3 aliphatic heterocycles. The molecule has 3 heterocycles. The van der Waals surface area contributed by atoms with Gasteiger partial charge in [-0.1, -0.05) is 102 Å². The summed E-state index contributed by atoms with van der Waals surface area (Å²) in [6, 6.07) is 27.9. The average Bonchev–Trinajstić information content (AvgIpc) is 1.63. The maximum Gasteiger partial charge on any atom is 0.349 e. The fourth-order valence-electron chi connectivity index (χ4n) is 12.8. The number of nitrogens with one attached hydrogen (secondary N) is 5. The third-order valence-electron chi connectivity index (χ3n) is 18.2. The maximum atomic E-state index is 14.4. The van der Waals surface area contributed by atoms with Gasteiger partial charge in [0.1, 0.15) is 5.82 Å². The Morgan fingerprint density at radius 2 is 0.949 bits per heavy atom. The summed E-state index contributed by atoms with van der Waals surface area (Å²) in [5.41, 5.74) is 10.9. The van der Waals surface area contributed by atoms with Gasteiger partial charge in [0.15, 0.2) is 22.5 Å². The van der Waals surface area contributed by atoms with E-state index in [4.69, 9.17) is 35.4 Å². The molecule has 6 aromatic carbocycles. The van der Waals surface area contributed by atoms with Crippen molar-refractivity contribution in [3.8, 4) is 0 Å². The van der Waals surface area contributed by atoms with Gasteiger partial charge < -0.3 is 36.4 Å². The van der Waals surface area contributed by atoms with Gasteiger partial charge in [0.25, 0.3) is 29.5 Å². The molecule has 12 rings (SSSR count). The summed E-state index contributed by atoms with van der Waals surface area (Å²) in [5, 5.41) is 15.7. The maximum absolute atomic E-state index is 14.4. The number of anilines is 2. The van der Waals surface area contributed by atoms with Crippen LogP contribution in [0.1, 0.15) is 163 Å². The molecule has 7 amide bonds. The Labute approximate surface area is 581 Å². The number of allylic oxidation sites excluding steroid dienone is 3. The van der Waals surface area contributed by atoms with Crippen molar-refractivity contribution in [1.82, 2.24) is 30.7 Å². The number of alkyl halides is 2. The van der Waals surface area contributed by atoms with Crippen molar-refractivity contribution >= 4 is 105 Å². The molecule has 3 fully saturated rings. The predicted molar refractivity (Wildman–Crippen MR) is 372 cm³/mol. The van der Waals surface area contributed by atoms with Crippen molar-refractivity contribution < 1.29 is 56.3 Å². The Morgan fingerprint density at radius 1 is 0.520 bits per heavy atom. The molecule has 5 N–H and O–H groups in total. The van der Waals surface area contributed by atoms with E-state index in [-0.39, 0.29) is 78.8 Å². The van der Waals surface area contributed by atoms with E-state index in [0.29, 0.717) is 93.9 Å². The number of ketones is 3. The van der Waals surface area contributed by atoms with Crippen LogP contribution in [0.2, 0.25) is 10.0 Å². The molecule has 3 atom stereocenters. The van der Waals surface area contributed by atoms with E-state index in [9.17, 15) is 56.3 Å². The number of imide groups is 1. The number of amides is 7. The second-order valence-corrected chi connectivity index (χ2v) is 26.6. The van der Waals surface area contributed by atoms with Crippen LogP contribution in [0.4, 0.5) is 29.3 Å². The highest BCUT2D eigenvalue weighted by molar-refractivity contribution is 7.80. The summed E-state index contributed by atoms with van der Waals surface area (Å²) in [5.74, 6) is -7.27. The van der Waals surface area contributed by atoms with Crippen LogP contribution in [-0.2, 0) is 57.8 Å². The molecule has 0 saturated heterocycles. The zero-order valence-electron chi connectivity index (χ0n) is 54.2. The van der Waals surface area contributed by atoms with E-state index in [1.54, 1.807) is 58.3 Å². The lowest BCUT2D eigenvalue weighted by Crippen LogP contribution is -2.44. The molecule has 17 nitrogen and oxygen atoms in total. The van der Waals surface area contributed by atoms with Crippen LogP contribution in [0.15, 0.2) is 152 Å². The molecule has 0 aromatic heterocycles. The van der Waals surface area contributed by atoms with Crippen LogP contribution in [-0.4, -0.2) is 90.9 Å². The van der Waals surface area contributed by atoms with E-state index in [1.165, 1.54) is 0 Å². The molecule has 0 radical (unpaired) electrons. The molecular formula is C75H73Cl2F3N8O9S. The first-order chi connectivity index (χ1) is 46.7. The second-order valence-electron chi connectivity index (χ2n) is 25.4. The predicted octanol–water partition coefficient (Wildman–Crippen LogP) is 14.1. The summed E-state index contributed by atoms with van der Waals surface area (Å²) >= 11 is 17.6. The summed E-state index contributed by atoms with van der Waals surface area (Å²) in [6.07, 6.45) is 7.29. The monoisotopic (exact) mass is 1390 g/mol. The van der Waals surface area contributed by atoms with E-state index < -0.39 is 53.1 Å². The molecular weight excluding hydrogens is 1320 g/mol. The van der Waals surface area contributed by atoms with E-state index in [0.717, 1.165) is 106 Å². The first kappa shape index (κ1) is 71.2. The largest absolute Gasteiger partial charge is 0.358 e. The van der Waals surface area contributed by atoms with Crippen LogP contribution in [0, 0.1) is 19.7 Å². The van der Waals surface area contributed by atoms with Gasteiger partial charge in [-0.15, -0.1) is 0 Å². The summed E-state index contributed by atoms with van der Waals surface area (Å²) in [7, 11) is 0. The summed E-state index contributed by atoms with van der Waals surface area (Å²) in [6.45, 7) is 16.8. The Balaban J connectivity index is 0.000000159. The molecule has 0 bridgehead atoms. The molecule has 6 aromatic rings. The molecule has 98 heavy (non-hydrogen) atoms. The smallest absolute Gasteiger partial charge is 0.349 e. The molecule has 3 aliphatic carbocycles. The number of rotatable bonds is 13. The summed E-state index contributed by atoms with van der Waals surface area (Å²) in [4.78, 5) is 118. The standard InChI is InChI=1S/C25H24ClN3O4.C25H26ClN3O2S.C25H23F3N2O3/c1-14-4-3-5-21(22(30)10-14)29-23(31)18-9-7-16(11-19(18)24(29)32)13-27-25(33)28-17-8-6-15(2)20(26)12-17;1-15-4-3-5-22(23(30)10-15)29-14-18-11-17(7-9-20(18)24(29)31)13-27-25(32)28-19-8-6-16(2)21(26)12-19;1-15-3-2-4-21(22(31)11-15)30-14-17-12-16(5-10-20(17)23(30)32)13-29-24(33)25(27,28)18-6-8-19(26)9-7-18/h6-9,11-12,21H,1,3-5,10,13H2,2H3,(H2,27,28,33);6-9,11-12,22H,1,3-5,10,13-14H2,2H3,(H2,27,28,32);5-10,12,21H,1-4,11,13-14H2,(H,29,33). The number of nitrogens with zero attached hydrogens (tertiary/aromatic N) is 3. The number of benzene rings is 6. The van der Waals surface area contributed by atoms with Crippen LogP contribution < -0.4 is 26.6 Å². The minimum atomic E-state index is -3.82. The molecule has 0 spiro atoms. The number of urea groups is 1. The fourth-order valence-corrected chi connectivity index (χ4v) is 13.3. The first-order valence-electron chi connectivity index (χ1n) is 32.2. The lowest BCUT2D eigenvalue weighted by molar-refractivity contribution is -0.147. The molecule has 508 valence electrons. The molecule has 3 unspecified atom stereocenters. The molecule has 6 aliphatic rings. The van der Waals surface area contributed by atoms with Gasteiger partial charge in [0.05, 0.1) is 29.3 Å². The average molecular weight is 1390 g/mol. The molecule has 3 saturated carbocycles. The third-order valence-corrected chi connectivity index (χ3v) is 19.2. The number of fused-ring (bicyclic) bond motifs is 3. The topological polar surface area (TPSA) is 224 Å². The van der Waals surface area contributed by atoms with E-state index in [1.807, 2.05) is 56.3 Å². The highest BCUT2D eigenvalue weighted by Gasteiger charge is 2.44. The normalized spacial score (nSPS) is 18.5. The number of Topliss-reactive ketones (excluding diaryl/α,β-unsaturated/α-hetero) is 3. The summed E-state index contributed by atoms with van der Waals surface area (Å²) < 4.78 is 41.8. The number of thiocarbonyl (C=S) groups is 1. The van der Waals surface area contributed by atoms with Crippen LogP contribution in [0.25, 0.3) is 0 Å². The van der Waals surface area contributed by atoms with Crippen molar-refractivity contribution in [2.45, 2.75) is 148 Å². The van der Waals surface area contributed by atoms with Gasteiger partial charge in [-0.25, -0.2) is 9.18 Å². The van der Waals surface area contributed by atoms with Crippen LogP contribution in [0.3, 0.4) is 0 Å². The van der Waals surface area contributed by atoms with Crippen LogP contribution in [0.5, 0.6) is 0 Å². The lowest BCUT2D eigenvalue weighted by Gasteiger charge is -2.25. The van der Waals surface area contributed by atoms with Gasteiger partial charge in [0.2, 0.25) is 0 Å². The van der Waals surface area contributed by atoms with Crippen molar-refractivity contribution in [1.29, 1.82) is 0 Å². The van der Waals surface area contributed by atoms with Crippen molar-refractivity contribution in [3.05, 3.63) is 234 Å². The number of carbonyl (C=O) groups is 9. The first-order valence-corrected chi connectivity index (χ1v) is 33.4. The van der Waals surface area contributed by atoms with Crippen LogP contribution >= 0.6 is 35.4 Å². The lowest BCUT2D eigenvalue weighted by atomic mass is 10.1. The number of halogens is 5. The Hall–Kier alpha value is -9.57. The molecule has 23 heteroatoms. The number of hydrogen-bond donors (Lipinski definition) is 5. The van der Waals surface area contributed by atoms with Gasteiger partial charge in [-0.3, -0.25) is 43.3 Å².